The van der Waals surface area contributed by atoms with Crippen LogP contribution in [-0.4, -0.2) is 26.0 Å². The molecule has 0 aliphatic heterocycles. The normalized spacial score (nSPS) is 11.6. The average molecular weight is 279 g/mol. The SMILES string of the molecule is CC(C)(C)C(=O)Cn1nnc(-c2ccc(Cl)cc2)n1. The van der Waals surface area contributed by atoms with Crippen LogP contribution < -0.4 is 0 Å². The summed E-state index contributed by atoms with van der Waals surface area (Å²) in [6, 6.07) is 7.15. The highest BCUT2D eigenvalue weighted by Crippen LogP contribution is 2.18. The van der Waals surface area contributed by atoms with Gasteiger partial charge in [-0.05, 0) is 29.5 Å². The third-order valence-electron chi connectivity index (χ3n) is 2.68. The molecule has 6 heteroatoms. The summed E-state index contributed by atoms with van der Waals surface area (Å²) in [5.41, 5.74) is 0.410. The number of carbonyl (C=O) groups is 1. The van der Waals surface area contributed by atoms with Gasteiger partial charge < -0.3 is 0 Å². The molecule has 0 N–H and O–H groups in total. The Balaban J connectivity index is 2.16. The van der Waals surface area contributed by atoms with E-state index in [9.17, 15) is 4.79 Å². The fourth-order valence-corrected chi connectivity index (χ4v) is 1.52. The maximum atomic E-state index is 11.9. The van der Waals surface area contributed by atoms with E-state index < -0.39 is 5.41 Å². The number of tetrazole rings is 1. The predicted octanol–water partition coefficient (Wildman–Crippen LogP) is 2.61. The van der Waals surface area contributed by atoms with Crippen molar-refractivity contribution in [1.82, 2.24) is 20.2 Å². The van der Waals surface area contributed by atoms with Crippen LogP contribution in [0.4, 0.5) is 0 Å². The fourth-order valence-electron chi connectivity index (χ4n) is 1.39. The van der Waals surface area contributed by atoms with Crippen molar-refractivity contribution in [2.45, 2.75) is 27.3 Å². The third-order valence-corrected chi connectivity index (χ3v) is 2.93. The van der Waals surface area contributed by atoms with Gasteiger partial charge in [0, 0.05) is 16.0 Å². The molecule has 1 aromatic carbocycles. The highest BCUT2D eigenvalue weighted by Gasteiger charge is 2.22. The largest absolute Gasteiger partial charge is 0.297 e. The second-order valence-electron chi connectivity index (χ2n) is 5.32. The maximum Gasteiger partial charge on any atom is 0.204 e. The van der Waals surface area contributed by atoms with Gasteiger partial charge in [0.2, 0.25) is 5.82 Å². The van der Waals surface area contributed by atoms with E-state index in [4.69, 9.17) is 11.6 Å². The summed E-state index contributed by atoms with van der Waals surface area (Å²) < 4.78 is 0. The van der Waals surface area contributed by atoms with Gasteiger partial charge in [-0.25, -0.2) is 0 Å². The Morgan fingerprint density at radius 2 is 1.89 bits per heavy atom. The number of hydrogen-bond donors (Lipinski definition) is 0. The summed E-state index contributed by atoms with van der Waals surface area (Å²) in [6.07, 6.45) is 0. The van der Waals surface area contributed by atoms with Gasteiger partial charge in [0.25, 0.3) is 0 Å². The second-order valence-corrected chi connectivity index (χ2v) is 5.76. The van der Waals surface area contributed by atoms with Crippen LogP contribution in [0.2, 0.25) is 5.02 Å². The molecule has 0 aliphatic rings. The zero-order valence-corrected chi connectivity index (χ0v) is 11.8. The van der Waals surface area contributed by atoms with Crippen molar-refractivity contribution < 1.29 is 4.79 Å². The van der Waals surface area contributed by atoms with Crippen molar-refractivity contribution in [3.63, 3.8) is 0 Å². The minimum absolute atomic E-state index is 0.0626. The molecule has 0 spiro atoms. The first-order chi connectivity index (χ1) is 8.86. The first kappa shape index (κ1) is 13.7. The number of rotatable bonds is 3. The van der Waals surface area contributed by atoms with Crippen molar-refractivity contribution in [2.75, 3.05) is 0 Å². The van der Waals surface area contributed by atoms with Gasteiger partial charge in [-0.1, -0.05) is 32.4 Å². The van der Waals surface area contributed by atoms with E-state index >= 15 is 0 Å². The molecule has 2 rings (SSSR count). The van der Waals surface area contributed by atoms with E-state index in [1.165, 1.54) is 4.80 Å². The molecule has 2 aromatic rings. The highest BCUT2D eigenvalue weighted by molar-refractivity contribution is 6.30. The van der Waals surface area contributed by atoms with E-state index in [1.54, 1.807) is 12.1 Å². The Kier molecular flexibility index (Phi) is 3.66. The minimum atomic E-state index is -0.409. The van der Waals surface area contributed by atoms with Gasteiger partial charge in [-0.2, -0.15) is 4.80 Å². The summed E-state index contributed by atoms with van der Waals surface area (Å²) in [6.45, 7) is 5.73. The lowest BCUT2D eigenvalue weighted by Crippen LogP contribution is -2.26. The number of Topliss-reactive ketones (excluding diaryl/α,β-unsaturated/α-hetero) is 1. The number of ketones is 1. The maximum absolute atomic E-state index is 11.9. The summed E-state index contributed by atoms with van der Waals surface area (Å²) in [5.74, 6) is 0.547. The molecule has 0 atom stereocenters. The molecule has 0 unspecified atom stereocenters. The van der Waals surface area contributed by atoms with Gasteiger partial charge in [-0.3, -0.25) is 4.79 Å². The van der Waals surface area contributed by atoms with Crippen LogP contribution in [0, 0.1) is 5.41 Å². The summed E-state index contributed by atoms with van der Waals surface area (Å²) in [7, 11) is 0. The smallest absolute Gasteiger partial charge is 0.204 e. The summed E-state index contributed by atoms with van der Waals surface area (Å²) in [4.78, 5) is 13.2. The van der Waals surface area contributed by atoms with Crippen LogP contribution in [-0.2, 0) is 11.3 Å². The lowest BCUT2D eigenvalue weighted by molar-refractivity contribution is -0.127. The Bertz CT molecular complexity index is 583. The molecule has 1 aromatic heterocycles. The molecule has 19 heavy (non-hydrogen) atoms. The van der Waals surface area contributed by atoms with Gasteiger partial charge in [-0.15, -0.1) is 10.2 Å². The Morgan fingerprint density at radius 1 is 1.26 bits per heavy atom. The standard InChI is InChI=1S/C13H15ClN4O/c1-13(2,3)11(19)8-18-16-12(15-17-18)9-4-6-10(14)7-5-9/h4-7H,8H2,1-3H3. The van der Waals surface area contributed by atoms with Crippen LogP contribution in [0.15, 0.2) is 24.3 Å². The lowest BCUT2D eigenvalue weighted by atomic mass is 9.91. The number of hydrogen-bond acceptors (Lipinski definition) is 4. The zero-order chi connectivity index (χ0) is 14.0. The van der Waals surface area contributed by atoms with Crippen molar-refractivity contribution in [1.29, 1.82) is 0 Å². The molecule has 5 nitrogen and oxygen atoms in total. The lowest BCUT2D eigenvalue weighted by Gasteiger charge is -2.15. The number of carbonyl (C=O) groups excluding carboxylic acids is 1. The quantitative estimate of drug-likeness (QED) is 0.866. The van der Waals surface area contributed by atoms with Gasteiger partial charge in [0.05, 0.1) is 0 Å². The molecule has 0 aliphatic carbocycles. The van der Waals surface area contributed by atoms with Crippen molar-refractivity contribution in [3.05, 3.63) is 29.3 Å². The van der Waals surface area contributed by atoms with Crippen LogP contribution in [0.5, 0.6) is 0 Å². The second kappa shape index (κ2) is 5.09. The van der Waals surface area contributed by atoms with E-state index in [1.807, 2.05) is 32.9 Å². The number of nitrogens with zero attached hydrogens (tertiary/aromatic N) is 4. The topological polar surface area (TPSA) is 60.7 Å². The van der Waals surface area contributed by atoms with Crippen molar-refractivity contribution >= 4 is 17.4 Å². The van der Waals surface area contributed by atoms with Crippen LogP contribution in [0.1, 0.15) is 20.8 Å². The first-order valence-electron chi connectivity index (χ1n) is 5.93. The van der Waals surface area contributed by atoms with Crippen molar-refractivity contribution in [2.24, 2.45) is 5.41 Å². The van der Waals surface area contributed by atoms with E-state index in [0.29, 0.717) is 10.8 Å². The van der Waals surface area contributed by atoms with Crippen LogP contribution in [0.25, 0.3) is 11.4 Å². The number of benzene rings is 1. The Morgan fingerprint density at radius 3 is 2.47 bits per heavy atom. The van der Waals surface area contributed by atoms with Gasteiger partial charge in [0.1, 0.15) is 6.54 Å². The van der Waals surface area contributed by atoms with Gasteiger partial charge >= 0.3 is 0 Å². The Hall–Kier alpha value is -1.75. The van der Waals surface area contributed by atoms with Crippen molar-refractivity contribution in [3.8, 4) is 11.4 Å². The first-order valence-corrected chi connectivity index (χ1v) is 6.31. The molecular formula is C13H15ClN4O. The molecule has 0 saturated heterocycles. The molecular weight excluding hydrogens is 264 g/mol. The van der Waals surface area contributed by atoms with Crippen LogP contribution >= 0.6 is 11.6 Å². The molecule has 100 valence electrons. The fraction of sp³-hybridized carbons (Fsp3) is 0.385. The van der Waals surface area contributed by atoms with Crippen LogP contribution in [0.3, 0.4) is 0 Å². The molecule has 0 radical (unpaired) electrons. The van der Waals surface area contributed by atoms with E-state index in [-0.39, 0.29) is 12.3 Å². The van der Waals surface area contributed by atoms with E-state index in [2.05, 4.69) is 15.4 Å². The third kappa shape index (κ3) is 3.38. The molecule has 0 fully saturated rings. The number of halogens is 1. The molecule has 0 bridgehead atoms. The zero-order valence-electron chi connectivity index (χ0n) is 11.1. The number of aromatic nitrogens is 4. The monoisotopic (exact) mass is 278 g/mol. The summed E-state index contributed by atoms with van der Waals surface area (Å²) >= 11 is 5.82. The summed E-state index contributed by atoms with van der Waals surface area (Å²) in [5, 5.41) is 12.7. The predicted molar refractivity (Wildman–Crippen MR) is 72.7 cm³/mol. The Labute approximate surface area is 116 Å². The average Bonchev–Trinajstić information content (AvgIpc) is 2.77. The van der Waals surface area contributed by atoms with E-state index in [0.717, 1.165) is 5.56 Å². The molecule has 0 amide bonds. The highest BCUT2D eigenvalue weighted by atomic mass is 35.5. The minimum Gasteiger partial charge on any atom is -0.297 e. The molecule has 1 heterocycles. The molecule has 0 saturated carbocycles. The van der Waals surface area contributed by atoms with Gasteiger partial charge in [0.15, 0.2) is 5.78 Å².